The van der Waals surface area contributed by atoms with Gasteiger partial charge in [-0.3, -0.25) is 4.79 Å². The van der Waals surface area contributed by atoms with Crippen LogP contribution in [-0.2, 0) is 11.2 Å². The molecule has 17 heavy (non-hydrogen) atoms. The van der Waals surface area contributed by atoms with E-state index in [2.05, 4.69) is 10.3 Å². The van der Waals surface area contributed by atoms with Crippen molar-refractivity contribution in [3.05, 3.63) is 41.8 Å². The van der Waals surface area contributed by atoms with Crippen LogP contribution in [0.3, 0.4) is 0 Å². The third-order valence-electron chi connectivity index (χ3n) is 2.23. The standard InChI is InChI=1S/C12H12N2O3/c1-8-10(7-11(15)16)17-12(13-8)14-9-5-3-2-4-6-9/h2-6H,7H2,1H3,(H,13,14)(H,15,16). The van der Waals surface area contributed by atoms with E-state index in [1.807, 2.05) is 30.3 Å². The Bertz CT molecular complexity index is 520. The lowest BCUT2D eigenvalue weighted by molar-refractivity contribution is -0.136. The van der Waals surface area contributed by atoms with Crippen LogP contribution in [0.4, 0.5) is 11.7 Å². The van der Waals surface area contributed by atoms with E-state index in [0.29, 0.717) is 17.5 Å². The van der Waals surface area contributed by atoms with Crippen LogP contribution in [0.25, 0.3) is 0 Å². The number of anilines is 2. The van der Waals surface area contributed by atoms with Gasteiger partial charge in [-0.05, 0) is 19.1 Å². The van der Waals surface area contributed by atoms with Crippen LogP contribution in [0.5, 0.6) is 0 Å². The van der Waals surface area contributed by atoms with E-state index in [9.17, 15) is 4.79 Å². The molecule has 2 aromatic rings. The van der Waals surface area contributed by atoms with E-state index in [1.165, 1.54) is 0 Å². The molecular weight excluding hydrogens is 220 g/mol. The molecule has 0 bridgehead atoms. The lowest BCUT2D eigenvalue weighted by Gasteiger charge is -1.99. The number of nitrogens with zero attached hydrogens (tertiary/aromatic N) is 1. The highest BCUT2D eigenvalue weighted by Crippen LogP contribution is 2.19. The minimum atomic E-state index is -0.935. The van der Waals surface area contributed by atoms with Crippen LogP contribution in [0, 0.1) is 6.92 Å². The van der Waals surface area contributed by atoms with Crippen LogP contribution >= 0.6 is 0 Å². The molecule has 0 radical (unpaired) electrons. The SMILES string of the molecule is Cc1nc(Nc2ccccc2)oc1CC(=O)O. The summed E-state index contributed by atoms with van der Waals surface area (Å²) in [4.78, 5) is 14.7. The first-order valence-corrected chi connectivity index (χ1v) is 5.15. The molecule has 0 fully saturated rings. The Balaban J connectivity index is 2.15. The minimum Gasteiger partial charge on any atom is -0.481 e. The Morgan fingerprint density at radius 3 is 2.76 bits per heavy atom. The highest BCUT2D eigenvalue weighted by Gasteiger charge is 2.12. The molecule has 2 N–H and O–H groups in total. The third kappa shape index (κ3) is 2.84. The van der Waals surface area contributed by atoms with Crippen LogP contribution < -0.4 is 5.32 Å². The number of aryl methyl sites for hydroxylation is 1. The monoisotopic (exact) mass is 232 g/mol. The van der Waals surface area contributed by atoms with E-state index in [-0.39, 0.29) is 6.42 Å². The molecule has 5 nitrogen and oxygen atoms in total. The molecule has 0 unspecified atom stereocenters. The van der Waals surface area contributed by atoms with Crippen LogP contribution in [0.1, 0.15) is 11.5 Å². The number of hydrogen-bond donors (Lipinski definition) is 2. The summed E-state index contributed by atoms with van der Waals surface area (Å²) in [7, 11) is 0. The lowest BCUT2D eigenvalue weighted by Crippen LogP contribution is -1.99. The Morgan fingerprint density at radius 1 is 1.41 bits per heavy atom. The smallest absolute Gasteiger partial charge is 0.311 e. The minimum absolute atomic E-state index is 0.157. The fraction of sp³-hybridized carbons (Fsp3) is 0.167. The van der Waals surface area contributed by atoms with E-state index in [0.717, 1.165) is 5.69 Å². The Morgan fingerprint density at radius 2 is 2.12 bits per heavy atom. The average molecular weight is 232 g/mol. The van der Waals surface area contributed by atoms with Crippen LogP contribution in [-0.4, -0.2) is 16.1 Å². The summed E-state index contributed by atoms with van der Waals surface area (Å²) in [5.41, 5.74) is 1.43. The number of nitrogens with one attached hydrogen (secondary N) is 1. The zero-order valence-electron chi connectivity index (χ0n) is 9.30. The molecule has 0 aliphatic rings. The van der Waals surface area contributed by atoms with Crippen molar-refractivity contribution >= 4 is 17.7 Å². The van der Waals surface area contributed by atoms with E-state index in [4.69, 9.17) is 9.52 Å². The Hall–Kier alpha value is -2.30. The van der Waals surface area contributed by atoms with Gasteiger partial charge in [0.05, 0.1) is 5.69 Å². The number of aliphatic carboxylic acids is 1. The number of para-hydroxylation sites is 1. The van der Waals surface area contributed by atoms with E-state index < -0.39 is 5.97 Å². The Labute approximate surface area is 98.1 Å². The van der Waals surface area contributed by atoms with Crippen molar-refractivity contribution in [1.29, 1.82) is 0 Å². The quantitative estimate of drug-likeness (QED) is 0.846. The highest BCUT2D eigenvalue weighted by atomic mass is 16.4. The molecule has 0 aliphatic carbocycles. The predicted octanol–water partition coefficient (Wildman–Crippen LogP) is 2.35. The summed E-state index contributed by atoms with van der Waals surface area (Å²) in [5.74, 6) is -0.563. The second kappa shape index (κ2) is 4.69. The summed E-state index contributed by atoms with van der Waals surface area (Å²) in [6, 6.07) is 9.73. The topological polar surface area (TPSA) is 75.4 Å². The summed E-state index contributed by atoms with van der Waals surface area (Å²) < 4.78 is 5.33. The number of carboxylic acid groups (broad SMARTS) is 1. The molecule has 2 rings (SSSR count). The van der Waals surface area contributed by atoms with Gasteiger partial charge in [0.2, 0.25) is 0 Å². The number of carboxylic acids is 1. The Kier molecular flexibility index (Phi) is 3.09. The molecule has 0 aliphatic heterocycles. The van der Waals surface area contributed by atoms with Gasteiger partial charge in [-0.1, -0.05) is 18.2 Å². The van der Waals surface area contributed by atoms with Gasteiger partial charge in [0.15, 0.2) is 0 Å². The fourth-order valence-corrected chi connectivity index (χ4v) is 1.43. The summed E-state index contributed by atoms with van der Waals surface area (Å²) in [5, 5.41) is 11.6. The zero-order chi connectivity index (χ0) is 12.3. The number of oxazole rings is 1. The lowest BCUT2D eigenvalue weighted by atomic mass is 10.3. The second-order valence-electron chi connectivity index (χ2n) is 3.59. The maximum absolute atomic E-state index is 10.6. The van der Waals surface area contributed by atoms with Crippen molar-refractivity contribution in [2.75, 3.05) is 5.32 Å². The summed E-state index contributed by atoms with van der Waals surface area (Å²) >= 11 is 0. The van der Waals surface area contributed by atoms with Gasteiger partial charge in [0.25, 0.3) is 6.01 Å². The van der Waals surface area contributed by atoms with Crippen molar-refractivity contribution in [1.82, 2.24) is 4.98 Å². The number of rotatable bonds is 4. The van der Waals surface area contributed by atoms with E-state index >= 15 is 0 Å². The maximum atomic E-state index is 10.6. The van der Waals surface area contributed by atoms with Crippen LogP contribution in [0.2, 0.25) is 0 Å². The van der Waals surface area contributed by atoms with Gasteiger partial charge in [0, 0.05) is 5.69 Å². The second-order valence-corrected chi connectivity index (χ2v) is 3.59. The third-order valence-corrected chi connectivity index (χ3v) is 2.23. The summed E-state index contributed by atoms with van der Waals surface area (Å²) in [6.45, 7) is 1.72. The molecule has 0 amide bonds. The molecule has 0 spiro atoms. The van der Waals surface area contributed by atoms with Crippen LogP contribution in [0.15, 0.2) is 34.7 Å². The molecule has 0 saturated carbocycles. The van der Waals surface area contributed by atoms with Gasteiger partial charge in [-0.15, -0.1) is 0 Å². The van der Waals surface area contributed by atoms with Crippen molar-refractivity contribution in [2.45, 2.75) is 13.3 Å². The van der Waals surface area contributed by atoms with Crippen molar-refractivity contribution in [2.24, 2.45) is 0 Å². The van der Waals surface area contributed by atoms with Gasteiger partial charge < -0.3 is 14.8 Å². The van der Waals surface area contributed by atoms with E-state index in [1.54, 1.807) is 6.92 Å². The normalized spacial score (nSPS) is 10.2. The van der Waals surface area contributed by atoms with Gasteiger partial charge >= 0.3 is 5.97 Å². The first-order valence-electron chi connectivity index (χ1n) is 5.15. The molecule has 1 aromatic carbocycles. The molecule has 0 atom stereocenters. The number of benzene rings is 1. The molecule has 1 heterocycles. The first kappa shape index (κ1) is 11.2. The van der Waals surface area contributed by atoms with Crippen molar-refractivity contribution < 1.29 is 14.3 Å². The van der Waals surface area contributed by atoms with Gasteiger partial charge in [-0.2, -0.15) is 4.98 Å². The molecule has 0 saturated heterocycles. The van der Waals surface area contributed by atoms with Gasteiger partial charge in [0.1, 0.15) is 12.2 Å². The first-order chi connectivity index (χ1) is 8.15. The van der Waals surface area contributed by atoms with Crippen molar-refractivity contribution in [3.8, 4) is 0 Å². The summed E-state index contributed by atoms with van der Waals surface area (Å²) in [6.07, 6.45) is -0.157. The molecule has 1 aromatic heterocycles. The largest absolute Gasteiger partial charge is 0.481 e. The number of hydrogen-bond acceptors (Lipinski definition) is 4. The average Bonchev–Trinajstić information content (AvgIpc) is 2.59. The molecule has 88 valence electrons. The fourth-order valence-electron chi connectivity index (χ4n) is 1.43. The van der Waals surface area contributed by atoms with Crippen molar-refractivity contribution in [3.63, 3.8) is 0 Å². The van der Waals surface area contributed by atoms with Gasteiger partial charge in [-0.25, -0.2) is 0 Å². The molecular formula is C12H12N2O3. The number of aromatic nitrogens is 1. The molecule has 5 heteroatoms. The highest BCUT2D eigenvalue weighted by molar-refractivity contribution is 5.69. The zero-order valence-corrected chi connectivity index (χ0v) is 9.30. The number of carbonyl (C=O) groups is 1. The predicted molar refractivity (Wildman–Crippen MR) is 62.3 cm³/mol. The maximum Gasteiger partial charge on any atom is 0.311 e.